The number of carbonyl (C=O) groups excluding carboxylic acids is 1. The Bertz CT molecular complexity index is 142. The van der Waals surface area contributed by atoms with Crippen molar-refractivity contribution in [3.05, 3.63) is 0 Å². The van der Waals surface area contributed by atoms with Crippen LogP contribution in [-0.2, 0) is 9.53 Å². The van der Waals surface area contributed by atoms with Crippen LogP contribution in [0, 0.1) is 0 Å². The molecule has 0 aromatic rings. The number of esters is 1. The number of carbonyl (C=O) groups is 1. The summed E-state index contributed by atoms with van der Waals surface area (Å²) in [5, 5.41) is 0. The first-order chi connectivity index (χ1) is 4.02. The largest absolute Gasteiger partial charge is 0.461 e. The van der Waals surface area contributed by atoms with Crippen LogP contribution in [0.2, 0.25) is 0 Å². The number of cyclic esters (lactones) is 1. The third-order valence-electron chi connectivity index (χ3n) is 1.49. The molecule has 0 aliphatic carbocycles. The molecule has 1 fully saturated rings. The van der Waals surface area contributed by atoms with Crippen molar-refractivity contribution in [3.8, 4) is 0 Å². The van der Waals surface area contributed by atoms with Crippen molar-refractivity contribution in [2.45, 2.75) is 31.9 Å². The summed E-state index contributed by atoms with van der Waals surface area (Å²) in [7, 11) is 0. The lowest BCUT2D eigenvalue weighted by atomic mass is 10.0. The second-order valence-electron chi connectivity index (χ2n) is 2.84. The van der Waals surface area contributed by atoms with E-state index < -0.39 is 5.54 Å². The zero-order chi connectivity index (χ0) is 7.07. The number of nitrogens with two attached hydrogens (primary N) is 1. The van der Waals surface area contributed by atoms with Crippen molar-refractivity contribution in [3.63, 3.8) is 0 Å². The second kappa shape index (κ2) is 1.70. The Morgan fingerprint density at radius 3 is 2.56 bits per heavy atom. The predicted octanol–water partition coefficient (Wildman–Crippen LogP) is 0.0392. The Hall–Kier alpha value is -0.570. The summed E-state index contributed by atoms with van der Waals surface area (Å²) in [6, 6.07) is 0. The molecule has 1 aliphatic heterocycles. The lowest BCUT2D eigenvalue weighted by Gasteiger charge is -2.08. The van der Waals surface area contributed by atoms with Crippen molar-refractivity contribution < 1.29 is 9.53 Å². The molecular formula is C6H11NO2. The standard InChI is InChI=1S/C6H11NO2/c1-4-3-6(2,7)5(8)9-4/h4H,3,7H2,1-2H3/t4-,6-/m0/s1. The molecular weight excluding hydrogens is 118 g/mol. The minimum atomic E-state index is -0.737. The highest BCUT2D eigenvalue weighted by molar-refractivity contribution is 5.82. The molecule has 52 valence electrons. The average Bonchev–Trinajstić information content (AvgIpc) is 1.79. The van der Waals surface area contributed by atoms with Gasteiger partial charge in [0, 0.05) is 6.42 Å². The first-order valence-corrected chi connectivity index (χ1v) is 3.02. The SMILES string of the molecule is C[C@H]1C[C@](C)(N)C(=O)O1. The third kappa shape index (κ3) is 1.05. The van der Waals surface area contributed by atoms with Gasteiger partial charge in [-0.2, -0.15) is 0 Å². The lowest BCUT2D eigenvalue weighted by Crippen LogP contribution is -2.40. The van der Waals surface area contributed by atoms with Crippen LogP contribution >= 0.6 is 0 Å². The van der Waals surface area contributed by atoms with Crippen LogP contribution in [0.15, 0.2) is 0 Å². The minimum Gasteiger partial charge on any atom is -0.461 e. The number of rotatable bonds is 0. The van der Waals surface area contributed by atoms with E-state index in [4.69, 9.17) is 10.5 Å². The summed E-state index contributed by atoms with van der Waals surface area (Å²) in [5.41, 5.74) is 4.80. The van der Waals surface area contributed by atoms with E-state index >= 15 is 0 Å². The van der Waals surface area contributed by atoms with Gasteiger partial charge in [-0.1, -0.05) is 0 Å². The lowest BCUT2D eigenvalue weighted by molar-refractivity contribution is -0.144. The quantitative estimate of drug-likeness (QED) is 0.470. The summed E-state index contributed by atoms with van der Waals surface area (Å²) in [5.74, 6) is -0.282. The topological polar surface area (TPSA) is 52.3 Å². The monoisotopic (exact) mass is 129 g/mol. The fraction of sp³-hybridized carbons (Fsp3) is 0.833. The highest BCUT2D eigenvalue weighted by atomic mass is 16.6. The molecule has 9 heavy (non-hydrogen) atoms. The molecule has 0 spiro atoms. The van der Waals surface area contributed by atoms with E-state index in [1.807, 2.05) is 6.92 Å². The molecule has 3 nitrogen and oxygen atoms in total. The molecule has 1 rings (SSSR count). The van der Waals surface area contributed by atoms with Gasteiger partial charge < -0.3 is 10.5 Å². The first kappa shape index (κ1) is 6.55. The van der Waals surface area contributed by atoms with Crippen molar-refractivity contribution in [2.75, 3.05) is 0 Å². The van der Waals surface area contributed by atoms with Gasteiger partial charge in [-0.05, 0) is 13.8 Å². The van der Waals surface area contributed by atoms with E-state index in [2.05, 4.69) is 0 Å². The molecule has 3 heteroatoms. The Balaban J connectivity index is 2.70. The maximum absolute atomic E-state index is 10.8. The van der Waals surface area contributed by atoms with Crippen LogP contribution < -0.4 is 5.73 Å². The van der Waals surface area contributed by atoms with Crippen molar-refractivity contribution in [2.24, 2.45) is 5.73 Å². The van der Waals surface area contributed by atoms with E-state index in [9.17, 15) is 4.79 Å². The Morgan fingerprint density at radius 2 is 2.44 bits per heavy atom. The van der Waals surface area contributed by atoms with E-state index in [1.165, 1.54) is 0 Å². The fourth-order valence-electron chi connectivity index (χ4n) is 1.04. The van der Waals surface area contributed by atoms with Gasteiger partial charge in [0.25, 0.3) is 0 Å². The molecule has 1 saturated heterocycles. The molecule has 0 aromatic heterocycles. The van der Waals surface area contributed by atoms with Gasteiger partial charge in [-0.3, -0.25) is 4.79 Å². The maximum Gasteiger partial charge on any atom is 0.326 e. The van der Waals surface area contributed by atoms with E-state index in [0.29, 0.717) is 6.42 Å². The third-order valence-corrected chi connectivity index (χ3v) is 1.49. The summed E-state index contributed by atoms with van der Waals surface area (Å²) >= 11 is 0. The predicted molar refractivity (Wildman–Crippen MR) is 32.8 cm³/mol. The van der Waals surface area contributed by atoms with E-state index in [-0.39, 0.29) is 12.1 Å². The van der Waals surface area contributed by atoms with Crippen LogP contribution in [0.3, 0.4) is 0 Å². The summed E-state index contributed by atoms with van der Waals surface area (Å²) in [6.45, 7) is 3.54. The van der Waals surface area contributed by atoms with Gasteiger partial charge in [-0.25, -0.2) is 0 Å². The zero-order valence-electron chi connectivity index (χ0n) is 5.68. The van der Waals surface area contributed by atoms with Crippen molar-refractivity contribution >= 4 is 5.97 Å². The normalized spacial score (nSPS) is 43.0. The Kier molecular flexibility index (Phi) is 1.24. The molecule has 0 saturated carbocycles. The van der Waals surface area contributed by atoms with Gasteiger partial charge in [0.05, 0.1) is 0 Å². The molecule has 0 bridgehead atoms. The van der Waals surface area contributed by atoms with Gasteiger partial charge in [-0.15, -0.1) is 0 Å². The molecule has 0 aromatic carbocycles. The fourth-order valence-corrected chi connectivity index (χ4v) is 1.04. The summed E-state index contributed by atoms with van der Waals surface area (Å²) < 4.78 is 4.81. The van der Waals surface area contributed by atoms with Gasteiger partial charge in [0.2, 0.25) is 0 Å². The minimum absolute atomic E-state index is 0.00694. The first-order valence-electron chi connectivity index (χ1n) is 3.02. The second-order valence-corrected chi connectivity index (χ2v) is 2.84. The van der Waals surface area contributed by atoms with Gasteiger partial charge >= 0.3 is 5.97 Å². The molecule has 2 N–H and O–H groups in total. The highest BCUT2D eigenvalue weighted by Crippen LogP contribution is 2.21. The summed E-state index contributed by atoms with van der Waals surface area (Å²) in [4.78, 5) is 10.8. The van der Waals surface area contributed by atoms with Crippen molar-refractivity contribution in [1.82, 2.24) is 0 Å². The van der Waals surface area contributed by atoms with Gasteiger partial charge in [0.1, 0.15) is 11.6 Å². The number of ether oxygens (including phenoxy) is 1. The van der Waals surface area contributed by atoms with E-state index in [1.54, 1.807) is 6.92 Å². The van der Waals surface area contributed by atoms with Crippen molar-refractivity contribution in [1.29, 1.82) is 0 Å². The maximum atomic E-state index is 10.8. The molecule has 1 heterocycles. The molecule has 2 atom stereocenters. The van der Waals surface area contributed by atoms with Crippen LogP contribution in [0.25, 0.3) is 0 Å². The van der Waals surface area contributed by atoms with Crippen LogP contribution in [0.1, 0.15) is 20.3 Å². The number of hydrogen-bond acceptors (Lipinski definition) is 3. The van der Waals surface area contributed by atoms with Crippen LogP contribution in [-0.4, -0.2) is 17.6 Å². The number of hydrogen-bond donors (Lipinski definition) is 1. The smallest absolute Gasteiger partial charge is 0.326 e. The van der Waals surface area contributed by atoms with E-state index in [0.717, 1.165) is 0 Å². The average molecular weight is 129 g/mol. The Morgan fingerprint density at radius 1 is 1.89 bits per heavy atom. The molecule has 0 amide bonds. The Labute approximate surface area is 54.2 Å². The van der Waals surface area contributed by atoms with Gasteiger partial charge in [0.15, 0.2) is 0 Å². The molecule has 1 aliphatic rings. The summed E-state index contributed by atoms with van der Waals surface area (Å²) in [6.07, 6.45) is 0.624. The highest BCUT2D eigenvalue weighted by Gasteiger charge is 2.39. The van der Waals surface area contributed by atoms with Crippen LogP contribution in [0.5, 0.6) is 0 Å². The molecule has 0 unspecified atom stereocenters. The van der Waals surface area contributed by atoms with Crippen LogP contribution in [0.4, 0.5) is 0 Å². The molecule has 0 radical (unpaired) electrons. The zero-order valence-corrected chi connectivity index (χ0v) is 5.68.